The Bertz CT molecular complexity index is 2020. The molecule has 0 amide bonds. The number of hydrogen-bond acceptors (Lipinski definition) is 1. The molecular formula is C38H32N2. The Morgan fingerprint density at radius 3 is 1.75 bits per heavy atom. The first-order valence-corrected chi connectivity index (χ1v) is 14.6. The second kappa shape index (κ2) is 7.26. The number of rotatable bonds is 1. The molecule has 0 N–H and O–H groups in total. The zero-order valence-electron chi connectivity index (χ0n) is 23.5. The van der Waals surface area contributed by atoms with E-state index in [9.17, 15) is 0 Å². The average Bonchev–Trinajstić information content (AvgIpc) is 3.19. The van der Waals surface area contributed by atoms with Crippen molar-refractivity contribution in [2.45, 2.75) is 51.4 Å². The minimum Gasteiger partial charge on any atom is -0.310 e. The molecular weight excluding hydrogens is 484 g/mol. The summed E-state index contributed by atoms with van der Waals surface area (Å²) in [6.07, 6.45) is 2.11. The lowest BCUT2D eigenvalue weighted by molar-refractivity contribution is 0.593. The van der Waals surface area contributed by atoms with E-state index in [-0.39, 0.29) is 10.8 Å². The molecule has 0 aliphatic carbocycles. The van der Waals surface area contributed by atoms with E-state index in [1.54, 1.807) is 0 Å². The van der Waals surface area contributed by atoms with Crippen LogP contribution in [-0.2, 0) is 23.7 Å². The summed E-state index contributed by atoms with van der Waals surface area (Å²) in [4.78, 5) is 2.53. The monoisotopic (exact) mass is 516 g/mol. The van der Waals surface area contributed by atoms with Crippen molar-refractivity contribution < 1.29 is 0 Å². The molecule has 0 bridgehead atoms. The van der Waals surface area contributed by atoms with Crippen LogP contribution in [0.2, 0.25) is 0 Å². The van der Waals surface area contributed by atoms with E-state index in [1.807, 2.05) is 0 Å². The molecule has 0 atom stereocenters. The van der Waals surface area contributed by atoms with Crippen molar-refractivity contribution in [3.05, 3.63) is 130 Å². The fourth-order valence-corrected chi connectivity index (χ4v) is 8.15. The Kier molecular flexibility index (Phi) is 4.08. The van der Waals surface area contributed by atoms with Gasteiger partial charge >= 0.3 is 0 Å². The molecule has 6 aromatic rings. The van der Waals surface area contributed by atoms with Crippen LogP contribution in [0.1, 0.15) is 61.1 Å². The summed E-state index contributed by atoms with van der Waals surface area (Å²) in [5, 5.41) is 2.72. The third kappa shape index (κ3) is 2.56. The fraction of sp³-hybridized carbons (Fsp3) is 0.211. The van der Waals surface area contributed by atoms with Crippen molar-refractivity contribution in [1.29, 1.82) is 0 Å². The number of benzene rings is 5. The van der Waals surface area contributed by atoms with Crippen LogP contribution < -0.4 is 4.90 Å². The topological polar surface area (TPSA) is 8.17 Å². The number of hydrogen-bond donors (Lipinski definition) is 0. The molecule has 0 unspecified atom stereocenters. The number of fused-ring (bicyclic) bond motifs is 3. The van der Waals surface area contributed by atoms with Crippen LogP contribution in [0.25, 0.3) is 27.5 Å². The van der Waals surface area contributed by atoms with Crippen molar-refractivity contribution in [3.8, 4) is 5.69 Å². The van der Waals surface area contributed by atoms with E-state index in [2.05, 4.69) is 134 Å². The Morgan fingerprint density at radius 1 is 0.525 bits per heavy atom. The summed E-state index contributed by atoms with van der Waals surface area (Å²) >= 11 is 0. The molecule has 1 aromatic heterocycles. The highest BCUT2D eigenvalue weighted by molar-refractivity contribution is 6.15. The van der Waals surface area contributed by atoms with Gasteiger partial charge < -0.3 is 9.47 Å². The Hall–Kier alpha value is -4.30. The molecule has 0 radical (unpaired) electrons. The quantitative estimate of drug-likeness (QED) is 0.211. The lowest BCUT2D eigenvalue weighted by Gasteiger charge is -2.42. The van der Waals surface area contributed by atoms with Gasteiger partial charge in [-0.2, -0.15) is 0 Å². The number of anilines is 3. The summed E-state index contributed by atoms with van der Waals surface area (Å²) in [5.74, 6) is 0. The van der Waals surface area contributed by atoms with E-state index >= 15 is 0 Å². The first-order valence-electron chi connectivity index (χ1n) is 14.6. The van der Waals surface area contributed by atoms with Crippen LogP contribution >= 0.6 is 0 Å². The van der Waals surface area contributed by atoms with Crippen LogP contribution in [0.5, 0.6) is 0 Å². The predicted octanol–water partition coefficient (Wildman–Crippen LogP) is 9.63. The molecule has 40 heavy (non-hydrogen) atoms. The molecule has 4 heterocycles. The average molecular weight is 517 g/mol. The lowest BCUT2D eigenvalue weighted by Crippen LogP contribution is -2.33. The largest absolute Gasteiger partial charge is 0.310 e. The third-order valence-corrected chi connectivity index (χ3v) is 10.2. The molecule has 0 spiro atoms. The van der Waals surface area contributed by atoms with Gasteiger partial charge in [-0.25, -0.2) is 0 Å². The van der Waals surface area contributed by atoms with Gasteiger partial charge in [-0.15, -0.1) is 0 Å². The summed E-state index contributed by atoms with van der Waals surface area (Å²) in [6.45, 7) is 9.65. The van der Waals surface area contributed by atoms with Crippen LogP contribution in [0.4, 0.5) is 17.1 Å². The highest BCUT2D eigenvalue weighted by Crippen LogP contribution is 2.56. The van der Waals surface area contributed by atoms with Gasteiger partial charge in [0.15, 0.2) is 0 Å². The highest BCUT2D eigenvalue weighted by atomic mass is 15.2. The SMILES string of the molecule is CC1(C)c2cccc3c2-n2c4c1cccc4c1cc(N4c5ccccc5CCc5ccccc54)cc(c12)C3(C)C. The van der Waals surface area contributed by atoms with E-state index < -0.39 is 0 Å². The Labute approximate surface area is 235 Å². The van der Waals surface area contributed by atoms with Crippen LogP contribution in [-0.4, -0.2) is 4.57 Å². The molecule has 5 aromatic carbocycles. The van der Waals surface area contributed by atoms with Crippen molar-refractivity contribution in [2.24, 2.45) is 0 Å². The number of para-hydroxylation sites is 4. The Morgan fingerprint density at radius 2 is 1.07 bits per heavy atom. The smallest absolute Gasteiger partial charge is 0.0583 e. The van der Waals surface area contributed by atoms with Gasteiger partial charge in [0, 0.05) is 38.7 Å². The molecule has 3 aliphatic heterocycles. The first-order chi connectivity index (χ1) is 19.4. The fourth-order valence-electron chi connectivity index (χ4n) is 8.15. The van der Waals surface area contributed by atoms with Crippen LogP contribution in [0.3, 0.4) is 0 Å². The second-order valence-corrected chi connectivity index (χ2v) is 13.0. The van der Waals surface area contributed by atoms with Crippen LogP contribution in [0, 0.1) is 0 Å². The standard InChI is InChI=1S/C38H32N2/c1-37(2)28-14-9-13-26-27-21-25(39-32-17-7-5-11-23(32)19-20-24-12-6-8-18-33(24)39)22-31-35(27)40(34(26)28)36-29(37)15-10-16-30(36)38(31,3)4/h5-18,21-22H,19-20H2,1-4H3. The van der Waals surface area contributed by atoms with Gasteiger partial charge in [0.1, 0.15) is 0 Å². The maximum absolute atomic E-state index is 2.62. The van der Waals surface area contributed by atoms with Crippen molar-refractivity contribution in [2.75, 3.05) is 4.90 Å². The zero-order chi connectivity index (χ0) is 27.0. The van der Waals surface area contributed by atoms with Gasteiger partial charge in [-0.1, -0.05) is 100 Å². The van der Waals surface area contributed by atoms with Gasteiger partial charge in [-0.05, 0) is 70.5 Å². The third-order valence-electron chi connectivity index (χ3n) is 10.2. The van der Waals surface area contributed by atoms with Crippen molar-refractivity contribution in [3.63, 3.8) is 0 Å². The molecule has 194 valence electrons. The molecule has 2 heteroatoms. The van der Waals surface area contributed by atoms with Crippen LogP contribution in [0.15, 0.2) is 97.1 Å². The summed E-state index contributed by atoms with van der Waals surface area (Å²) in [5.41, 5.74) is 16.3. The molecule has 0 saturated heterocycles. The minimum absolute atomic E-state index is 0.0612. The highest BCUT2D eigenvalue weighted by Gasteiger charge is 2.43. The van der Waals surface area contributed by atoms with E-state index in [0.717, 1.165) is 12.8 Å². The van der Waals surface area contributed by atoms with Crippen molar-refractivity contribution in [1.82, 2.24) is 4.57 Å². The number of nitrogens with zero attached hydrogens (tertiary/aromatic N) is 2. The van der Waals surface area contributed by atoms with Gasteiger partial charge in [0.05, 0.1) is 16.7 Å². The normalized spacial score (nSPS) is 17.1. The second-order valence-electron chi connectivity index (χ2n) is 13.0. The predicted molar refractivity (Wildman–Crippen MR) is 167 cm³/mol. The lowest BCUT2D eigenvalue weighted by atomic mass is 9.68. The van der Waals surface area contributed by atoms with Gasteiger partial charge in [0.2, 0.25) is 0 Å². The summed E-state index contributed by atoms with van der Waals surface area (Å²) in [6, 6.07) is 36.9. The number of aryl methyl sites for hydroxylation is 2. The molecule has 9 rings (SSSR count). The summed E-state index contributed by atoms with van der Waals surface area (Å²) < 4.78 is 2.62. The number of aromatic nitrogens is 1. The maximum Gasteiger partial charge on any atom is 0.0583 e. The first kappa shape index (κ1) is 22.5. The van der Waals surface area contributed by atoms with Gasteiger partial charge in [-0.3, -0.25) is 0 Å². The zero-order valence-corrected chi connectivity index (χ0v) is 23.5. The molecule has 2 nitrogen and oxygen atoms in total. The molecule has 3 aliphatic rings. The Balaban J connectivity index is 1.47. The van der Waals surface area contributed by atoms with E-state index in [1.165, 1.54) is 77.9 Å². The molecule has 0 fully saturated rings. The minimum atomic E-state index is -0.136. The van der Waals surface area contributed by atoms with E-state index in [0.29, 0.717) is 0 Å². The van der Waals surface area contributed by atoms with Gasteiger partial charge in [0.25, 0.3) is 0 Å². The van der Waals surface area contributed by atoms with E-state index in [4.69, 9.17) is 0 Å². The maximum atomic E-state index is 2.62. The van der Waals surface area contributed by atoms with Crippen molar-refractivity contribution >= 4 is 38.9 Å². The summed E-state index contributed by atoms with van der Waals surface area (Å²) in [7, 11) is 0. The molecule has 0 saturated carbocycles.